The van der Waals surface area contributed by atoms with Crippen LogP contribution in [0.5, 0.6) is 0 Å². The molecule has 2 fully saturated rings. The summed E-state index contributed by atoms with van der Waals surface area (Å²) in [5, 5.41) is 3.53. The Hall–Kier alpha value is -1.28. The number of benzene rings is 1. The molecule has 0 amide bonds. The molecule has 1 aromatic carbocycles. The molecule has 16 heavy (non-hydrogen) atoms. The highest BCUT2D eigenvalue weighted by molar-refractivity contribution is 5.61. The van der Waals surface area contributed by atoms with Gasteiger partial charge in [0.05, 0.1) is 0 Å². The lowest BCUT2D eigenvalue weighted by Gasteiger charge is -2.30. The van der Waals surface area contributed by atoms with Gasteiger partial charge in [0.2, 0.25) is 0 Å². The van der Waals surface area contributed by atoms with Crippen molar-refractivity contribution in [3.05, 3.63) is 35.9 Å². The van der Waals surface area contributed by atoms with Gasteiger partial charge in [-0.15, -0.1) is 0 Å². The summed E-state index contributed by atoms with van der Waals surface area (Å²) in [4.78, 5) is 2.54. The van der Waals surface area contributed by atoms with E-state index < -0.39 is 0 Å². The second kappa shape index (κ2) is 3.63. The van der Waals surface area contributed by atoms with Gasteiger partial charge in [-0.05, 0) is 36.6 Å². The van der Waals surface area contributed by atoms with Gasteiger partial charge in [-0.1, -0.05) is 18.7 Å². The Morgan fingerprint density at radius 1 is 1.50 bits per heavy atom. The molecule has 2 nitrogen and oxygen atoms in total. The average molecular weight is 214 g/mol. The second-order valence-corrected chi connectivity index (χ2v) is 4.89. The Kier molecular flexibility index (Phi) is 2.25. The maximum Gasteiger partial charge on any atom is 0.0430 e. The molecule has 0 radical (unpaired) electrons. The van der Waals surface area contributed by atoms with E-state index in [9.17, 15) is 0 Å². The van der Waals surface area contributed by atoms with E-state index in [1.165, 1.54) is 23.2 Å². The number of nitrogens with zero attached hydrogens (tertiary/aromatic N) is 1. The summed E-state index contributed by atoms with van der Waals surface area (Å²) < 4.78 is 0. The first-order valence-corrected chi connectivity index (χ1v) is 6.01. The zero-order valence-electron chi connectivity index (χ0n) is 9.74. The summed E-state index contributed by atoms with van der Waals surface area (Å²) in [5.41, 5.74) is 3.92. The molecule has 2 atom stereocenters. The van der Waals surface area contributed by atoms with Gasteiger partial charge in [0, 0.05) is 30.9 Å². The maximum absolute atomic E-state index is 3.88. The van der Waals surface area contributed by atoms with E-state index in [-0.39, 0.29) is 0 Å². The van der Waals surface area contributed by atoms with Crippen molar-refractivity contribution < 1.29 is 0 Å². The van der Waals surface area contributed by atoms with E-state index in [0.29, 0.717) is 12.1 Å². The molecule has 2 heterocycles. The van der Waals surface area contributed by atoms with Crippen molar-refractivity contribution in [1.29, 1.82) is 0 Å². The van der Waals surface area contributed by atoms with Gasteiger partial charge in [0.1, 0.15) is 0 Å². The number of fused-ring (bicyclic) bond motifs is 2. The van der Waals surface area contributed by atoms with Crippen molar-refractivity contribution in [2.24, 2.45) is 0 Å². The summed E-state index contributed by atoms with van der Waals surface area (Å²) in [6.07, 6.45) is 3.25. The lowest BCUT2D eigenvalue weighted by molar-refractivity contribution is 0.580. The highest BCUT2D eigenvalue weighted by Gasteiger charge is 2.37. The minimum atomic E-state index is 0.699. The Balaban J connectivity index is 1.92. The third-order valence-electron chi connectivity index (χ3n) is 3.87. The zero-order chi connectivity index (χ0) is 11.1. The number of anilines is 1. The maximum atomic E-state index is 3.88. The van der Waals surface area contributed by atoms with Crippen LogP contribution in [-0.2, 0) is 0 Å². The standard InChI is InChI=1S/C14H18N2/c1-3-11-6-13(5-4-10(11)2)16-9-12-7-14(16)8-15-12/h3-6,12,14-15H,1,7-9H2,2H3. The van der Waals surface area contributed by atoms with Crippen molar-refractivity contribution >= 4 is 11.8 Å². The van der Waals surface area contributed by atoms with Crippen LogP contribution in [0.3, 0.4) is 0 Å². The number of rotatable bonds is 2. The van der Waals surface area contributed by atoms with E-state index in [2.05, 4.69) is 41.9 Å². The number of piperazine rings is 1. The van der Waals surface area contributed by atoms with Crippen LogP contribution >= 0.6 is 0 Å². The van der Waals surface area contributed by atoms with Crippen molar-refractivity contribution in [2.75, 3.05) is 18.0 Å². The van der Waals surface area contributed by atoms with Crippen LogP contribution in [0.2, 0.25) is 0 Å². The van der Waals surface area contributed by atoms with Crippen LogP contribution < -0.4 is 10.2 Å². The van der Waals surface area contributed by atoms with Gasteiger partial charge >= 0.3 is 0 Å². The molecule has 3 rings (SSSR count). The fourth-order valence-corrected chi connectivity index (χ4v) is 2.90. The molecule has 84 valence electrons. The third-order valence-corrected chi connectivity index (χ3v) is 3.87. The molecular weight excluding hydrogens is 196 g/mol. The second-order valence-electron chi connectivity index (χ2n) is 4.89. The Labute approximate surface area is 97.0 Å². The number of nitrogens with one attached hydrogen (secondary N) is 1. The Morgan fingerprint density at radius 2 is 2.38 bits per heavy atom. The highest BCUT2D eigenvalue weighted by atomic mass is 15.3. The molecule has 2 saturated heterocycles. The first kappa shape index (κ1) is 9.91. The molecule has 2 aliphatic rings. The van der Waals surface area contributed by atoms with E-state index >= 15 is 0 Å². The summed E-state index contributed by atoms with van der Waals surface area (Å²) >= 11 is 0. The van der Waals surface area contributed by atoms with Gasteiger partial charge in [-0.25, -0.2) is 0 Å². The van der Waals surface area contributed by atoms with Gasteiger partial charge in [-0.2, -0.15) is 0 Å². The van der Waals surface area contributed by atoms with Crippen LogP contribution in [0, 0.1) is 6.92 Å². The number of hydrogen-bond donors (Lipinski definition) is 1. The summed E-state index contributed by atoms with van der Waals surface area (Å²) in [6, 6.07) is 8.11. The van der Waals surface area contributed by atoms with E-state index in [1.54, 1.807) is 0 Å². The van der Waals surface area contributed by atoms with E-state index in [0.717, 1.165) is 13.1 Å². The van der Waals surface area contributed by atoms with Gasteiger partial charge in [0.15, 0.2) is 0 Å². The lowest BCUT2D eigenvalue weighted by Crippen LogP contribution is -2.43. The van der Waals surface area contributed by atoms with Crippen LogP contribution in [0.4, 0.5) is 5.69 Å². The molecule has 2 aliphatic heterocycles. The quantitative estimate of drug-likeness (QED) is 0.812. The van der Waals surface area contributed by atoms with Crippen molar-refractivity contribution in [3.63, 3.8) is 0 Å². The third kappa shape index (κ3) is 1.45. The molecule has 1 N–H and O–H groups in total. The Morgan fingerprint density at radius 3 is 3.00 bits per heavy atom. The van der Waals surface area contributed by atoms with Crippen LogP contribution in [-0.4, -0.2) is 25.2 Å². The van der Waals surface area contributed by atoms with Gasteiger partial charge in [0.25, 0.3) is 0 Å². The van der Waals surface area contributed by atoms with Crippen molar-refractivity contribution in [3.8, 4) is 0 Å². The largest absolute Gasteiger partial charge is 0.366 e. The highest BCUT2D eigenvalue weighted by Crippen LogP contribution is 2.30. The number of aryl methyl sites for hydroxylation is 1. The molecule has 0 saturated carbocycles. The van der Waals surface area contributed by atoms with E-state index in [1.807, 2.05) is 6.08 Å². The zero-order valence-corrected chi connectivity index (χ0v) is 9.74. The minimum absolute atomic E-state index is 0.699. The van der Waals surface area contributed by atoms with Crippen molar-refractivity contribution in [1.82, 2.24) is 5.32 Å². The predicted molar refractivity (Wildman–Crippen MR) is 68.8 cm³/mol. The summed E-state index contributed by atoms with van der Waals surface area (Å²) in [5.74, 6) is 0. The normalized spacial score (nSPS) is 27.4. The minimum Gasteiger partial charge on any atom is -0.366 e. The van der Waals surface area contributed by atoms with Crippen LogP contribution in [0.25, 0.3) is 6.08 Å². The fraction of sp³-hybridized carbons (Fsp3) is 0.429. The van der Waals surface area contributed by atoms with Gasteiger partial charge < -0.3 is 10.2 Å². The molecule has 0 aromatic heterocycles. The first-order chi connectivity index (χ1) is 7.78. The molecule has 0 aliphatic carbocycles. The molecule has 2 unspecified atom stereocenters. The lowest BCUT2D eigenvalue weighted by atomic mass is 10.1. The molecule has 1 aromatic rings. The van der Waals surface area contributed by atoms with Crippen LogP contribution in [0.1, 0.15) is 17.5 Å². The SMILES string of the molecule is C=Cc1cc(N2CC3CC2CN3)ccc1C. The van der Waals surface area contributed by atoms with Crippen molar-refractivity contribution in [2.45, 2.75) is 25.4 Å². The summed E-state index contributed by atoms with van der Waals surface area (Å²) in [7, 11) is 0. The predicted octanol–water partition coefficient (Wildman–Crippen LogP) is 2.19. The molecular formula is C14H18N2. The average Bonchev–Trinajstić information content (AvgIpc) is 2.91. The van der Waals surface area contributed by atoms with Crippen LogP contribution in [0.15, 0.2) is 24.8 Å². The first-order valence-electron chi connectivity index (χ1n) is 6.01. The molecule has 2 heteroatoms. The fourth-order valence-electron chi connectivity index (χ4n) is 2.90. The van der Waals surface area contributed by atoms with Gasteiger partial charge in [-0.3, -0.25) is 0 Å². The van der Waals surface area contributed by atoms with E-state index in [4.69, 9.17) is 0 Å². The monoisotopic (exact) mass is 214 g/mol. The molecule has 2 bridgehead atoms. The molecule has 0 spiro atoms. The number of hydrogen-bond acceptors (Lipinski definition) is 2. The smallest absolute Gasteiger partial charge is 0.0430 e. The Bertz CT molecular complexity index is 425. The summed E-state index contributed by atoms with van der Waals surface area (Å²) in [6.45, 7) is 8.31. The topological polar surface area (TPSA) is 15.3 Å².